The molecule has 1 heteroatoms. The minimum Gasteiger partial charge on any atom is -0.486 e. The molecule has 2 rings (SSSR count). The molecule has 1 aromatic carbocycles. The van der Waals surface area contributed by atoms with E-state index in [1.807, 2.05) is 18.2 Å². The van der Waals surface area contributed by atoms with Gasteiger partial charge < -0.3 is 4.74 Å². The van der Waals surface area contributed by atoms with Gasteiger partial charge in [-0.1, -0.05) is 37.6 Å². The summed E-state index contributed by atoms with van der Waals surface area (Å²) in [5, 5.41) is 0. The third-order valence-corrected chi connectivity index (χ3v) is 2.26. The van der Waals surface area contributed by atoms with Crippen LogP contribution in [-0.4, -0.2) is 6.10 Å². The van der Waals surface area contributed by atoms with Gasteiger partial charge in [0.2, 0.25) is 0 Å². The molecule has 13 heavy (non-hydrogen) atoms. The topological polar surface area (TPSA) is 9.23 Å². The lowest BCUT2D eigenvalue weighted by atomic mass is 10.1. The maximum atomic E-state index is 5.79. The lowest BCUT2D eigenvalue weighted by Crippen LogP contribution is -2.16. The molecule has 0 radical (unpaired) electrons. The Labute approximate surface area is 79.0 Å². The van der Waals surface area contributed by atoms with Gasteiger partial charge in [-0.3, -0.25) is 0 Å². The molecule has 0 saturated carbocycles. The van der Waals surface area contributed by atoms with Gasteiger partial charge in [-0.15, -0.1) is 0 Å². The summed E-state index contributed by atoms with van der Waals surface area (Å²) in [7, 11) is 0. The van der Waals surface area contributed by atoms with Crippen molar-refractivity contribution in [2.24, 2.45) is 0 Å². The summed E-state index contributed by atoms with van der Waals surface area (Å²) in [6.45, 7) is 2.18. The summed E-state index contributed by atoms with van der Waals surface area (Å²) in [6.07, 6.45) is 6.84. The largest absolute Gasteiger partial charge is 0.486 e. The van der Waals surface area contributed by atoms with Crippen LogP contribution in [0.15, 0.2) is 30.3 Å². The van der Waals surface area contributed by atoms with Crippen LogP contribution in [0.5, 0.6) is 5.75 Å². The van der Waals surface area contributed by atoms with Gasteiger partial charge in [0.25, 0.3) is 0 Å². The van der Waals surface area contributed by atoms with Crippen molar-refractivity contribution in [3.05, 3.63) is 35.9 Å². The molecule has 0 aliphatic carbocycles. The van der Waals surface area contributed by atoms with E-state index in [1.165, 1.54) is 5.56 Å². The van der Waals surface area contributed by atoms with Crippen molar-refractivity contribution >= 4 is 6.08 Å². The van der Waals surface area contributed by atoms with Crippen molar-refractivity contribution in [3.63, 3.8) is 0 Å². The monoisotopic (exact) mass is 174 g/mol. The lowest BCUT2D eigenvalue weighted by Gasteiger charge is -2.20. The molecule has 1 atom stereocenters. The maximum Gasteiger partial charge on any atom is 0.127 e. The normalized spacial score (nSPS) is 19.3. The summed E-state index contributed by atoms with van der Waals surface area (Å²) in [6, 6.07) is 8.16. The highest BCUT2D eigenvalue weighted by Crippen LogP contribution is 2.26. The minimum atomic E-state index is 0.278. The van der Waals surface area contributed by atoms with Gasteiger partial charge in [-0.25, -0.2) is 0 Å². The average molecular weight is 174 g/mol. The molecule has 68 valence electrons. The Kier molecular flexibility index (Phi) is 2.35. The number of fused-ring (bicyclic) bond motifs is 1. The first-order valence-corrected chi connectivity index (χ1v) is 4.84. The van der Waals surface area contributed by atoms with Gasteiger partial charge in [-0.2, -0.15) is 0 Å². The Morgan fingerprint density at radius 2 is 2.15 bits per heavy atom. The number of ether oxygens (including phenoxy) is 1. The number of hydrogen-bond acceptors (Lipinski definition) is 1. The van der Waals surface area contributed by atoms with E-state index in [1.54, 1.807) is 0 Å². The van der Waals surface area contributed by atoms with Crippen LogP contribution in [0.4, 0.5) is 0 Å². The summed E-state index contributed by atoms with van der Waals surface area (Å²) >= 11 is 0. The number of para-hydroxylation sites is 1. The van der Waals surface area contributed by atoms with Crippen molar-refractivity contribution < 1.29 is 4.74 Å². The zero-order chi connectivity index (χ0) is 9.10. The third-order valence-electron chi connectivity index (χ3n) is 2.26. The van der Waals surface area contributed by atoms with Crippen molar-refractivity contribution in [3.8, 4) is 5.75 Å². The van der Waals surface area contributed by atoms with Crippen LogP contribution in [-0.2, 0) is 0 Å². The van der Waals surface area contributed by atoms with E-state index in [2.05, 4.69) is 25.1 Å². The van der Waals surface area contributed by atoms with Crippen molar-refractivity contribution in [2.75, 3.05) is 0 Å². The van der Waals surface area contributed by atoms with E-state index in [-0.39, 0.29) is 6.10 Å². The van der Waals surface area contributed by atoms with Gasteiger partial charge >= 0.3 is 0 Å². The van der Waals surface area contributed by atoms with E-state index in [9.17, 15) is 0 Å². The Morgan fingerprint density at radius 1 is 1.31 bits per heavy atom. The quantitative estimate of drug-likeness (QED) is 0.668. The van der Waals surface area contributed by atoms with E-state index in [0.29, 0.717) is 0 Å². The van der Waals surface area contributed by atoms with Crippen LogP contribution < -0.4 is 4.74 Å². The molecular weight excluding hydrogens is 160 g/mol. The van der Waals surface area contributed by atoms with Crippen LogP contribution in [0, 0.1) is 0 Å². The van der Waals surface area contributed by atoms with E-state index < -0.39 is 0 Å². The first-order valence-electron chi connectivity index (χ1n) is 4.84. The van der Waals surface area contributed by atoms with E-state index in [4.69, 9.17) is 4.74 Å². The van der Waals surface area contributed by atoms with Crippen LogP contribution >= 0.6 is 0 Å². The smallest absolute Gasteiger partial charge is 0.127 e. The van der Waals surface area contributed by atoms with Gasteiger partial charge in [0.05, 0.1) is 0 Å². The molecule has 1 nitrogen and oxygen atoms in total. The van der Waals surface area contributed by atoms with Gasteiger partial charge in [0.15, 0.2) is 0 Å². The van der Waals surface area contributed by atoms with E-state index in [0.717, 1.165) is 18.6 Å². The maximum absolute atomic E-state index is 5.79. The van der Waals surface area contributed by atoms with Crippen molar-refractivity contribution in [1.29, 1.82) is 0 Å². The second-order valence-corrected chi connectivity index (χ2v) is 3.34. The van der Waals surface area contributed by atoms with Crippen LogP contribution in [0.3, 0.4) is 0 Å². The fourth-order valence-electron chi connectivity index (χ4n) is 1.58. The average Bonchev–Trinajstić information content (AvgIpc) is 2.18. The summed E-state index contributed by atoms with van der Waals surface area (Å²) < 4.78 is 5.79. The summed E-state index contributed by atoms with van der Waals surface area (Å²) in [5.41, 5.74) is 1.19. The molecule has 0 spiro atoms. The van der Waals surface area contributed by atoms with Gasteiger partial charge in [0, 0.05) is 5.56 Å². The molecule has 1 aromatic rings. The van der Waals surface area contributed by atoms with Gasteiger partial charge in [0.1, 0.15) is 11.9 Å². The molecule has 0 amide bonds. The Bertz CT molecular complexity index is 315. The van der Waals surface area contributed by atoms with Crippen LogP contribution in [0.2, 0.25) is 0 Å². The molecule has 1 aliphatic rings. The van der Waals surface area contributed by atoms with E-state index >= 15 is 0 Å². The standard InChI is InChI=1S/C12H14O/c1-2-5-11-9-8-10-6-3-4-7-12(10)13-11/h3-4,6-9,11H,2,5H2,1H3/t11-/m0/s1. The first kappa shape index (κ1) is 8.36. The first-order chi connectivity index (χ1) is 6.40. The fraction of sp³-hybridized carbons (Fsp3) is 0.333. The third kappa shape index (κ3) is 1.74. The minimum absolute atomic E-state index is 0.278. The molecule has 0 fully saturated rings. The summed E-state index contributed by atoms with van der Waals surface area (Å²) in [5.74, 6) is 1.02. The number of benzene rings is 1. The Morgan fingerprint density at radius 3 is 3.00 bits per heavy atom. The fourth-order valence-corrected chi connectivity index (χ4v) is 1.58. The Hall–Kier alpha value is -1.24. The lowest BCUT2D eigenvalue weighted by molar-refractivity contribution is 0.234. The summed E-state index contributed by atoms with van der Waals surface area (Å²) in [4.78, 5) is 0. The van der Waals surface area contributed by atoms with Gasteiger partial charge in [-0.05, 0) is 18.6 Å². The Balaban J connectivity index is 2.19. The molecule has 1 heterocycles. The number of hydrogen-bond donors (Lipinski definition) is 0. The van der Waals surface area contributed by atoms with Crippen LogP contribution in [0.25, 0.3) is 6.08 Å². The number of rotatable bonds is 2. The molecular formula is C12H14O. The van der Waals surface area contributed by atoms with Crippen molar-refractivity contribution in [2.45, 2.75) is 25.9 Å². The molecule has 0 N–H and O–H groups in total. The highest BCUT2D eigenvalue weighted by atomic mass is 16.5. The second-order valence-electron chi connectivity index (χ2n) is 3.34. The highest BCUT2D eigenvalue weighted by molar-refractivity contribution is 5.59. The van der Waals surface area contributed by atoms with Crippen molar-refractivity contribution in [1.82, 2.24) is 0 Å². The van der Waals surface area contributed by atoms with Crippen LogP contribution in [0.1, 0.15) is 25.3 Å². The zero-order valence-corrected chi connectivity index (χ0v) is 7.86. The molecule has 0 saturated heterocycles. The predicted octanol–water partition coefficient (Wildman–Crippen LogP) is 3.26. The molecule has 0 unspecified atom stereocenters. The second kappa shape index (κ2) is 3.65. The highest BCUT2D eigenvalue weighted by Gasteiger charge is 2.12. The SMILES string of the molecule is CCC[C@H]1C=Cc2ccccc2O1. The predicted molar refractivity (Wildman–Crippen MR) is 54.8 cm³/mol. The zero-order valence-electron chi connectivity index (χ0n) is 7.86. The molecule has 0 bridgehead atoms. The molecule has 1 aliphatic heterocycles. The molecule has 0 aromatic heterocycles.